The van der Waals surface area contributed by atoms with Crippen molar-refractivity contribution in [2.75, 3.05) is 42.3 Å². The first-order valence-electron chi connectivity index (χ1n) is 6.99. The van der Waals surface area contributed by atoms with Gasteiger partial charge in [-0.05, 0) is 12.8 Å². The summed E-state index contributed by atoms with van der Waals surface area (Å²) < 4.78 is 0. The Hall–Kier alpha value is -1.96. The van der Waals surface area contributed by atoms with Crippen LogP contribution in [-0.4, -0.2) is 53.4 Å². The van der Waals surface area contributed by atoms with E-state index in [-0.39, 0.29) is 0 Å². The third-order valence-corrected chi connectivity index (χ3v) is 4.33. The second kappa shape index (κ2) is 6.21. The van der Waals surface area contributed by atoms with Crippen LogP contribution in [0.25, 0.3) is 0 Å². The minimum Gasteiger partial charge on any atom is -0.367 e. The SMILES string of the molecule is CN(C)c1cc(NC2CCN(c3nncs3)CC2)ncn1. The summed E-state index contributed by atoms with van der Waals surface area (Å²) in [7, 11) is 3.96. The van der Waals surface area contributed by atoms with E-state index in [0.717, 1.165) is 42.7 Å². The Morgan fingerprint density at radius 3 is 2.76 bits per heavy atom. The van der Waals surface area contributed by atoms with Gasteiger partial charge in [-0.25, -0.2) is 9.97 Å². The minimum atomic E-state index is 0.444. The van der Waals surface area contributed by atoms with E-state index in [1.54, 1.807) is 23.2 Å². The van der Waals surface area contributed by atoms with Crippen LogP contribution in [0.4, 0.5) is 16.8 Å². The standard InChI is InChI=1S/C13H19N7S/c1-19(2)12-7-11(14-8-15-12)17-10-3-5-20(6-4-10)13-18-16-9-21-13/h7-10H,3-6H2,1-2H3,(H,14,15,17). The van der Waals surface area contributed by atoms with Gasteiger partial charge in [0.15, 0.2) is 0 Å². The van der Waals surface area contributed by atoms with Gasteiger partial charge in [0.2, 0.25) is 5.13 Å². The van der Waals surface area contributed by atoms with Crippen molar-refractivity contribution in [1.82, 2.24) is 20.2 Å². The molecule has 3 heterocycles. The number of aromatic nitrogens is 4. The number of anilines is 3. The summed E-state index contributed by atoms with van der Waals surface area (Å²) in [6.07, 6.45) is 3.75. The first-order valence-corrected chi connectivity index (χ1v) is 7.87. The predicted molar refractivity (Wildman–Crippen MR) is 85.1 cm³/mol. The topological polar surface area (TPSA) is 70.1 Å². The smallest absolute Gasteiger partial charge is 0.208 e. The van der Waals surface area contributed by atoms with E-state index in [1.165, 1.54) is 0 Å². The lowest BCUT2D eigenvalue weighted by molar-refractivity contribution is 0.524. The molecule has 1 N–H and O–H groups in total. The van der Waals surface area contributed by atoms with Crippen molar-refractivity contribution in [2.45, 2.75) is 18.9 Å². The second-order valence-electron chi connectivity index (χ2n) is 5.28. The zero-order chi connectivity index (χ0) is 14.7. The number of rotatable bonds is 4. The van der Waals surface area contributed by atoms with Gasteiger partial charge in [0.25, 0.3) is 0 Å². The Kier molecular flexibility index (Phi) is 4.14. The fraction of sp³-hybridized carbons (Fsp3) is 0.538. The van der Waals surface area contributed by atoms with E-state index < -0.39 is 0 Å². The second-order valence-corrected chi connectivity index (χ2v) is 6.09. The quantitative estimate of drug-likeness (QED) is 0.917. The highest BCUT2D eigenvalue weighted by molar-refractivity contribution is 7.13. The third kappa shape index (κ3) is 3.38. The maximum atomic E-state index is 4.30. The summed E-state index contributed by atoms with van der Waals surface area (Å²) >= 11 is 1.60. The summed E-state index contributed by atoms with van der Waals surface area (Å²) in [6.45, 7) is 2.00. The Morgan fingerprint density at radius 1 is 1.29 bits per heavy atom. The van der Waals surface area contributed by atoms with Gasteiger partial charge in [-0.2, -0.15) is 0 Å². The molecule has 2 aromatic heterocycles. The maximum Gasteiger partial charge on any atom is 0.208 e. The van der Waals surface area contributed by atoms with Crippen molar-refractivity contribution in [2.24, 2.45) is 0 Å². The molecule has 1 fully saturated rings. The molecule has 1 aliphatic heterocycles. The highest BCUT2D eigenvalue weighted by atomic mass is 32.1. The van der Waals surface area contributed by atoms with Crippen molar-refractivity contribution < 1.29 is 0 Å². The van der Waals surface area contributed by atoms with Gasteiger partial charge in [-0.3, -0.25) is 0 Å². The molecule has 0 spiro atoms. The van der Waals surface area contributed by atoms with E-state index in [0.29, 0.717) is 6.04 Å². The third-order valence-electron chi connectivity index (χ3n) is 3.58. The molecule has 7 nitrogen and oxygen atoms in total. The van der Waals surface area contributed by atoms with Gasteiger partial charge in [-0.15, -0.1) is 10.2 Å². The summed E-state index contributed by atoms with van der Waals surface area (Å²) in [4.78, 5) is 12.8. The number of nitrogens with zero attached hydrogens (tertiary/aromatic N) is 6. The highest BCUT2D eigenvalue weighted by Gasteiger charge is 2.21. The largest absolute Gasteiger partial charge is 0.367 e. The summed E-state index contributed by atoms with van der Waals surface area (Å²) in [5, 5.41) is 12.6. The van der Waals surface area contributed by atoms with Crippen LogP contribution < -0.4 is 15.1 Å². The Balaban J connectivity index is 1.57. The molecule has 0 aliphatic carbocycles. The molecule has 0 aromatic carbocycles. The molecule has 0 amide bonds. The summed E-state index contributed by atoms with van der Waals surface area (Å²) in [5.74, 6) is 1.81. The van der Waals surface area contributed by atoms with E-state index >= 15 is 0 Å². The van der Waals surface area contributed by atoms with Crippen LogP contribution in [0.15, 0.2) is 17.9 Å². The van der Waals surface area contributed by atoms with Crippen molar-refractivity contribution in [3.05, 3.63) is 17.9 Å². The Labute approximate surface area is 128 Å². The van der Waals surface area contributed by atoms with Crippen LogP contribution in [0.5, 0.6) is 0 Å². The van der Waals surface area contributed by atoms with Crippen LogP contribution in [0.3, 0.4) is 0 Å². The van der Waals surface area contributed by atoms with E-state index in [2.05, 4.69) is 30.4 Å². The predicted octanol–water partition coefficient (Wildman–Crippen LogP) is 1.47. The van der Waals surface area contributed by atoms with Crippen LogP contribution in [0, 0.1) is 0 Å². The van der Waals surface area contributed by atoms with Crippen LogP contribution in [0.2, 0.25) is 0 Å². The van der Waals surface area contributed by atoms with E-state index in [1.807, 2.05) is 25.1 Å². The van der Waals surface area contributed by atoms with Gasteiger partial charge < -0.3 is 15.1 Å². The first-order chi connectivity index (χ1) is 10.2. The zero-order valence-corrected chi connectivity index (χ0v) is 13.0. The summed E-state index contributed by atoms with van der Waals surface area (Å²) in [5.41, 5.74) is 1.78. The molecule has 1 aliphatic rings. The zero-order valence-electron chi connectivity index (χ0n) is 12.2. The van der Waals surface area contributed by atoms with Gasteiger partial charge in [0, 0.05) is 39.3 Å². The molecule has 112 valence electrons. The molecule has 21 heavy (non-hydrogen) atoms. The molecule has 0 bridgehead atoms. The van der Waals surface area contributed by atoms with E-state index in [9.17, 15) is 0 Å². The first kappa shape index (κ1) is 14.0. The highest BCUT2D eigenvalue weighted by Crippen LogP contribution is 2.22. The number of piperidine rings is 1. The van der Waals surface area contributed by atoms with Crippen LogP contribution in [-0.2, 0) is 0 Å². The van der Waals surface area contributed by atoms with Gasteiger partial charge in [0.05, 0.1) is 0 Å². The number of hydrogen-bond donors (Lipinski definition) is 1. The normalized spacial score (nSPS) is 16.0. The lowest BCUT2D eigenvalue weighted by Crippen LogP contribution is -2.39. The number of nitrogens with one attached hydrogen (secondary N) is 1. The van der Waals surface area contributed by atoms with Crippen molar-refractivity contribution in [3.8, 4) is 0 Å². The molecule has 0 radical (unpaired) electrons. The van der Waals surface area contributed by atoms with Crippen molar-refractivity contribution >= 4 is 28.1 Å². The molecular weight excluding hydrogens is 286 g/mol. The fourth-order valence-electron chi connectivity index (χ4n) is 2.40. The van der Waals surface area contributed by atoms with Crippen LogP contribution in [0.1, 0.15) is 12.8 Å². The molecule has 2 aromatic rings. The molecule has 1 saturated heterocycles. The minimum absolute atomic E-state index is 0.444. The monoisotopic (exact) mass is 305 g/mol. The van der Waals surface area contributed by atoms with Crippen LogP contribution >= 0.6 is 11.3 Å². The fourth-order valence-corrected chi connectivity index (χ4v) is 3.01. The summed E-state index contributed by atoms with van der Waals surface area (Å²) in [6, 6.07) is 2.43. The lowest BCUT2D eigenvalue weighted by atomic mass is 10.1. The Morgan fingerprint density at radius 2 is 2.10 bits per heavy atom. The number of hydrogen-bond acceptors (Lipinski definition) is 8. The van der Waals surface area contributed by atoms with Crippen molar-refractivity contribution in [3.63, 3.8) is 0 Å². The van der Waals surface area contributed by atoms with Gasteiger partial charge >= 0.3 is 0 Å². The average Bonchev–Trinajstić information content (AvgIpc) is 3.02. The lowest BCUT2D eigenvalue weighted by Gasteiger charge is -2.32. The van der Waals surface area contributed by atoms with Gasteiger partial charge in [0.1, 0.15) is 23.5 Å². The van der Waals surface area contributed by atoms with Gasteiger partial charge in [-0.1, -0.05) is 11.3 Å². The molecule has 0 saturated carbocycles. The molecule has 0 unspecified atom stereocenters. The molecule has 3 rings (SSSR count). The Bertz CT molecular complexity index is 564. The average molecular weight is 305 g/mol. The maximum absolute atomic E-state index is 4.30. The van der Waals surface area contributed by atoms with Crippen molar-refractivity contribution in [1.29, 1.82) is 0 Å². The molecule has 8 heteroatoms. The van der Waals surface area contributed by atoms with E-state index in [4.69, 9.17) is 0 Å². The molecule has 0 atom stereocenters. The molecular formula is C13H19N7S.